The summed E-state index contributed by atoms with van der Waals surface area (Å²) in [5.74, 6) is 2.03. The molecule has 0 atom stereocenters. The molecule has 1 heterocycles. The van der Waals surface area contributed by atoms with Gasteiger partial charge in [-0.2, -0.15) is 0 Å². The highest BCUT2D eigenvalue weighted by Gasteiger charge is 2.25. The van der Waals surface area contributed by atoms with Crippen molar-refractivity contribution in [2.45, 2.75) is 38.7 Å². The van der Waals surface area contributed by atoms with Crippen molar-refractivity contribution < 1.29 is 9.47 Å². The maximum atomic E-state index is 6.42. The normalized spacial score (nSPS) is 16.7. The third kappa shape index (κ3) is 3.34. The van der Waals surface area contributed by atoms with Gasteiger partial charge < -0.3 is 14.8 Å². The summed E-state index contributed by atoms with van der Waals surface area (Å²) >= 11 is 6.42. The quantitative estimate of drug-likeness (QED) is 0.916. The van der Waals surface area contributed by atoms with Gasteiger partial charge in [0.2, 0.25) is 0 Å². The average molecular weight is 284 g/mol. The van der Waals surface area contributed by atoms with E-state index in [1.165, 1.54) is 0 Å². The van der Waals surface area contributed by atoms with Crippen LogP contribution in [0.4, 0.5) is 0 Å². The van der Waals surface area contributed by atoms with E-state index in [2.05, 4.69) is 5.32 Å². The van der Waals surface area contributed by atoms with Crippen molar-refractivity contribution in [1.82, 2.24) is 5.32 Å². The van der Waals surface area contributed by atoms with Crippen LogP contribution in [0.2, 0.25) is 5.02 Å². The van der Waals surface area contributed by atoms with Crippen LogP contribution in [0.15, 0.2) is 12.1 Å². The van der Waals surface area contributed by atoms with Gasteiger partial charge in [-0.05, 0) is 57.8 Å². The molecule has 1 fully saturated rings. The van der Waals surface area contributed by atoms with Crippen molar-refractivity contribution in [3.8, 4) is 11.5 Å². The first-order chi connectivity index (χ1) is 9.13. The lowest BCUT2D eigenvalue weighted by molar-refractivity contribution is 0.225. The molecule has 106 valence electrons. The molecule has 1 N–H and O–H groups in total. The molecule has 19 heavy (non-hydrogen) atoms. The Labute approximate surface area is 120 Å². The van der Waals surface area contributed by atoms with Crippen molar-refractivity contribution >= 4 is 11.6 Å². The third-order valence-electron chi connectivity index (χ3n) is 3.43. The van der Waals surface area contributed by atoms with Crippen molar-refractivity contribution in [1.29, 1.82) is 0 Å². The molecule has 0 unspecified atom stereocenters. The summed E-state index contributed by atoms with van der Waals surface area (Å²) < 4.78 is 11.4. The van der Waals surface area contributed by atoms with E-state index < -0.39 is 0 Å². The van der Waals surface area contributed by atoms with Gasteiger partial charge in [0.1, 0.15) is 0 Å². The van der Waals surface area contributed by atoms with E-state index in [0.717, 1.165) is 48.0 Å². The summed E-state index contributed by atoms with van der Waals surface area (Å²) in [7, 11) is 1.67. The van der Waals surface area contributed by atoms with E-state index in [1.807, 2.05) is 26.0 Å². The van der Waals surface area contributed by atoms with E-state index in [1.54, 1.807) is 7.11 Å². The Morgan fingerprint density at radius 1 is 1.26 bits per heavy atom. The predicted octanol–water partition coefficient (Wildman–Crippen LogP) is 3.60. The molecule has 0 saturated carbocycles. The van der Waals surface area contributed by atoms with Gasteiger partial charge in [-0.25, -0.2) is 0 Å². The van der Waals surface area contributed by atoms with Crippen molar-refractivity contribution in [3.05, 3.63) is 22.7 Å². The maximum Gasteiger partial charge on any atom is 0.166 e. The van der Waals surface area contributed by atoms with Crippen LogP contribution < -0.4 is 14.8 Å². The van der Waals surface area contributed by atoms with Gasteiger partial charge in [-0.1, -0.05) is 11.6 Å². The van der Waals surface area contributed by atoms with E-state index in [-0.39, 0.29) is 6.10 Å². The monoisotopic (exact) mass is 283 g/mol. The molecular weight excluding hydrogens is 262 g/mol. The zero-order chi connectivity index (χ0) is 13.8. The van der Waals surface area contributed by atoms with E-state index in [9.17, 15) is 0 Å². The van der Waals surface area contributed by atoms with E-state index in [0.29, 0.717) is 5.92 Å². The Morgan fingerprint density at radius 2 is 1.95 bits per heavy atom. The Bertz CT molecular complexity index is 428. The highest BCUT2D eigenvalue weighted by atomic mass is 35.5. The van der Waals surface area contributed by atoms with Crippen molar-refractivity contribution in [2.24, 2.45) is 0 Å². The Balaban J connectivity index is 2.42. The predicted molar refractivity (Wildman–Crippen MR) is 78.6 cm³/mol. The molecule has 0 spiro atoms. The van der Waals surface area contributed by atoms with Crippen LogP contribution in [0.1, 0.15) is 38.2 Å². The minimum absolute atomic E-state index is 0.104. The standard InChI is InChI=1S/C15H22ClNO2/c1-10(2)19-15-13(18-3)5-4-12(16)14(15)11-6-8-17-9-7-11/h4-5,10-11,17H,6-9H2,1-3H3. The number of piperidine rings is 1. The van der Waals surface area contributed by atoms with Gasteiger partial charge in [0, 0.05) is 10.6 Å². The molecular formula is C15H22ClNO2. The van der Waals surface area contributed by atoms with Gasteiger partial charge in [-0.3, -0.25) is 0 Å². The summed E-state index contributed by atoms with van der Waals surface area (Å²) in [6.45, 7) is 6.09. The minimum atomic E-state index is 0.104. The number of rotatable bonds is 4. The smallest absolute Gasteiger partial charge is 0.166 e. The van der Waals surface area contributed by atoms with Crippen molar-refractivity contribution in [2.75, 3.05) is 20.2 Å². The fourth-order valence-corrected chi connectivity index (χ4v) is 2.87. The first kappa shape index (κ1) is 14.5. The summed E-state index contributed by atoms with van der Waals surface area (Å²) in [5, 5.41) is 4.16. The number of benzene rings is 1. The van der Waals surface area contributed by atoms with Crippen LogP contribution in [0.5, 0.6) is 11.5 Å². The lowest BCUT2D eigenvalue weighted by atomic mass is 9.89. The summed E-state index contributed by atoms with van der Waals surface area (Å²) in [6, 6.07) is 3.79. The molecule has 0 bridgehead atoms. The van der Waals surface area contributed by atoms with Gasteiger partial charge in [0.05, 0.1) is 13.2 Å². The molecule has 0 aliphatic carbocycles. The van der Waals surface area contributed by atoms with Gasteiger partial charge >= 0.3 is 0 Å². The Hall–Kier alpha value is -0.930. The number of halogens is 1. The Morgan fingerprint density at radius 3 is 2.53 bits per heavy atom. The molecule has 1 aliphatic heterocycles. The first-order valence-corrected chi connectivity index (χ1v) is 7.25. The number of nitrogens with one attached hydrogen (secondary N) is 1. The number of ether oxygens (including phenoxy) is 2. The SMILES string of the molecule is COc1ccc(Cl)c(C2CCNCC2)c1OC(C)C. The lowest BCUT2D eigenvalue weighted by Gasteiger charge is -2.27. The van der Waals surface area contributed by atoms with Gasteiger partial charge in [-0.15, -0.1) is 0 Å². The van der Waals surface area contributed by atoms with Gasteiger partial charge in [0.25, 0.3) is 0 Å². The van der Waals surface area contributed by atoms with Crippen LogP contribution in [0.25, 0.3) is 0 Å². The Kier molecular flexibility index (Phi) is 4.94. The highest BCUT2D eigenvalue weighted by molar-refractivity contribution is 6.31. The van der Waals surface area contributed by atoms with E-state index in [4.69, 9.17) is 21.1 Å². The average Bonchev–Trinajstić information content (AvgIpc) is 2.39. The fraction of sp³-hybridized carbons (Fsp3) is 0.600. The first-order valence-electron chi connectivity index (χ1n) is 6.87. The fourth-order valence-electron chi connectivity index (χ4n) is 2.56. The zero-order valence-electron chi connectivity index (χ0n) is 11.8. The molecule has 3 nitrogen and oxygen atoms in total. The van der Waals surface area contributed by atoms with Crippen LogP contribution >= 0.6 is 11.6 Å². The second-order valence-corrected chi connectivity index (χ2v) is 5.59. The lowest BCUT2D eigenvalue weighted by Crippen LogP contribution is -2.27. The van der Waals surface area contributed by atoms with E-state index >= 15 is 0 Å². The third-order valence-corrected chi connectivity index (χ3v) is 3.76. The summed E-state index contributed by atoms with van der Waals surface area (Å²) in [6.07, 6.45) is 2.27. The molecule has 1 aromatic carbocycles. The molecule has 2 rings (SSSR count). The molecule has 1 saturated heterocycles. The largest absolute Gasteiger partial charge is 0.493 e. The number of methoxy groups -OCH3 is 1. The highest BCUT2D eigenvalue weighted by Crippen LogP contribution is 2.43. The summed E-state index contributed by atoms with van der Waals surface area (Å²) in [4.78, 5) is 0. The van der Waals surface area contributed by atoms with Crippen LogP contribution in [-0.2, 0) is 0 Å². The van der Waals surface area contributed by atoms with Crippen LogP contribution in [-0.4, -0.2) is 26.3 Å². The molecule has 1 aromatic rings. The van der Waals surface area contributed by atoms with Crippen LogP contribution in [0.3, 0.4) is 0 Å². The van der Waals surface area contributed by atoms with Crippen LogP contribution in [0, 0.1) is 0 Å². The second-order valence-electron chi connectivity index (χ2n) is 5.18. The number of hydrogen-bond acceptors (Lipinski definition) is 3. The minimum Gasteiger partial charge on any atom is -0.493 e. The molecule has 4 heteroatoms. The molecule has 0 amide bonds. The van der Waals surface area contributed by atoms with Gasteiger partial charge in [0.15, 0.2) is 11.5 Å². The maximum absolute atomic E-state index is 6.42. The van der Waals surface area contributed by atoms with Crippen molar-refractivity contribution in [3.63, 3.8) is 0 Å². The molecule has 1 aliphatic rings. The summed E-state index contributed by atoms with van der Waals surface area (Å²) in [5.41, 5.74) is 1.11. The molecule has 0 aromatic heterocycles. The zero-order valence-corrected chi connectivity index (χ0v) is 12.6. The topological polar surface area (TPSA) is 30.5 Å². The second kappa shape index (κ2) is 6.49. The number of hydrogen-bond donors (Lipinski definition) is 1. The molecule has 0 radical (unpaired) electrons.